The average Bonchev–Trinajstić information content (AvgIpc) is 1.85. The van der Waals surface area contributed by atoms with Gasteiger partial charge in [0.05, 0.1) is 6.10 Å². The van der Waals surface area contributed by atoms with E-state index in [1.54, 1.807) is 6.92 Å². The summed E-state index contributed by atoms with van der Waals surface area (Å²) in [4.78, 5) is 0. The molecule has 0 saturated heterocycles. The third-order valence-electron chi connectivity index (χ3n) is 1.59. The van der Waals surface area contributed by atoms with Crippen LogP contribution in [0.25, 0.3) is 0 Å². The molecule has 0 rings (SSSR count). The predicted molar refractivity (Wildman–Crippen MR) is 41.0 cm³/mol. The highest BCUT2D eigenvalue weighted by atomic mass is 19.4. The van der Waals surface area contributed by atoms with Crippen molar-refractivity contribution in [1.82, 2.24) is 0 Å². The Morgan fingerprint density at radius 1 is 1.25 bits per heavy atom. The lowest BCUT2D eigenvalue weighted by molar-refractivity contribution is -0.225. The summed E-state index contributed by atoms with van der Waals surface area (Å²) in [5.74, 6) is 0. The van der Waals surface area contributed by atoms with Crippen molar-refractivity contribution in [2.75, 3.05) is 0 Å². The Morgan fingerprint density at radius 2 is 1.75 bits per heavy atom. The van der Waals surface area contributed by atoms with Crippen LogP contribution in [0.4, 0.5) is 13.2 Å². The van der Waals surface area contributed by atoms with Gasteiger partial charge in [-0.3, -0.25) is 0 Å². The molecule has 0 saturated carbocycles. The third kappa shape index (κ3) is 4.59. The summed E-state index contributed by atoms with van der Waals surface area (Å²) in [7, 11) is 0. The van der Waals surface area contributed by atoms with E-state index in [9.17, 15) is 13.2 Å². The number of halogens is 3. The molecule has 0 radical (unpaired) electrons. The van der Waals surface area contributed by atoms with Gasteiger partial charge in [0, 0.05) is 0 Å². The van der Waals surface area contributed by atoms with E-state index in [0.29, 0.717) is 6.42 Å². The highest BCUT2D eigenvalue weighted by Crippen LogP contribution is 2.23. The van der Waals surface area contributed by atoms with Crippen LogP contribution in [0.5, 0.6) is 0 Å². The van der Waals surface area contributed by atoms with Crippen LogP contribution in [-0.4, -0.2) is 18.4 Å². The molecule has 0 aliphatic rings. The van der Waals surface area contributed by atoms with Crippen LogP contribution in [0.1, 0.15) is 33.6 Å². The summed E-state index contributed by atoms with van der Waals surface area (Å²) in [5.41, 5.74) is 0. The van der Waals surface area contributed by atoms with Crippen molar-refractivity contribution in [2.45, 2.75) is 52.0 Å². The molecule has 2 atom stereocenters. The van der Waals surface area contributed by atoms with Gasteiger partial charge in [0.25, 0.3) is 0 Å². The van der Waals surface area contributed by atoms with Crippen molar-refractivity contribution in [3.8, 4) is 0 Å². The molecule has 0 aliphatic carbocycles. The van der Waals surface area contributed by atoms with E-state index in [1.165, 1.54) is 0 Å². The predicted octanol–water partition coefficient (Wildman–Crippen LogP) is 3.14. The normalized spacial score (nSPS) is 17.5. The van der Waals surface area contributed by atoms with Gasteiger partial charge in [-0.1, -0.05) is 13.3 Å². The number of hydrogen-bond acceptors (Lipinski definition) is 1. The van der Waals surface area contributed by atoms with Crippen molar-refractivity contribution in [2.24, 2.45) is 0 Å². The Morgan fingerprint density at radius 3 is 2.08 bits per heavy atom. The van der Waals surface area contributed by atoms with E-state index >= 15 is 0 Å². The molecule has 1 nitrogen and oxygen atoms in total. The Hall–Kier alpha value is -0.250. The second kappa shape index (κ2) is 4.70. The van der Waals surface area contributed by atoms with Crippen molar-refractivity contribution in [3.05, 3.63) is 0 Å². The van der Waals surface area contributed by atoms with Crippen molar-refractivity contribution in [1.29, 1.82) is 0 Å². The molecule has 0 N–H and O–H groups in total. The largest absolute Gasteiger partial charge is 0.414 e. The van der Waals surface area contributed by atoms with Gasteiger partial charge in [0.1, 0.15) is 0 Å². The molecular formula is C8H15F3O. The second-order valence-corrected chi connectivity index (χ2v) is 2.92. The first-order chi connectivity index (χ1) is 5.38. The van der Waals surface area contributed by atoms with Crippen LogP contribution >= 0.6 is 0 Å². The van der Waals surface area contributed by atoms with E-state index < -0.39 is 12.3 Å². The number of ether oxygens (including phenoxy) is 1. The fourth-order valence-electron chi connectivity index (χ4n) is 0.900. The molecule has 0 aromatic heterocycles. The lowest BCUT2D eigenvalue weighted by atomic mass is 10.2. The number of hydrogen-bond donors (Lipinski definition) is 0. The first-order valence-corrected chi connectivity index (χ1v) is 4.10. The van der Waals surface area contributed by atoms with Gasteiger partial charge in [-0.25, -0.2) is 0 Å². The number of rotatable bonds is 4. The van der Waals surface area contributed by atoms with Gasteiger partial charge >= 0.3 is 6.18 Å². The molecule has 0 bridgehead atoms. The lowest BCUT2D eigenvalue weighted by Crippen LogP contribution is -2.31. The second-order valence-electron chi connectivity index (χ2n) is 2.92. The average molecular weight is 184 g/mol. The van der Waals surface area contributed by atoms with Gasteiger partial charge in [-0.05, 0) is 20.3 Å². The van der Waals surface area contributed by atoms with Crippen LogP contribution in [-0.2, 0) is 4.74 Å². The van der Waals surface area contributed by atoms with E-state index in [0.717, 1.165) is 13.3 Å². The standard InChI is InChI=1S/C8H15F3O/c1-4-5-6(2)12-7(3)8(9,10)11/h6-7H,4-5H2,1-3H3. The minimum absolute atomic E-state index is 0.313. The van der Waals surface area contributed by atoms with Gasteiger partial charge < -0.3 is 4.74 Å². The fraction of sp³-hybridized carbons (Fsp3) is 1.00. The summed E-state index contributed by atoms with van der Waals surface area (Å²) in [5, 5.41) is 0. The van der Waals surface area contributed by atoms with E-state index in [1.807, 2.05) is 6.92 Å². The van der Waals surface area contributed by atoms with Crippen molar-refractivity contribution >= 4 is 0 Å². The summed E-state index contributed by atoms with van der Waals surface area (Å²) in [6.45, 7) is 4.61. The fourth-order valence-corrected chi connectivity index (χ4v) is 0.900. The Labute approximate surface area is 70.9 Å². The highest BCUT2D eigenvalue weighted by molar-refractivity contribution is 4.63. The zero-order valence-corrected chi connectivity index (χ0v) is 7.61. The molecule has 2 unspecified atom stereocenters. The van der Waals surface area contributed by atoms with E-state index in [-0.39, 0.29) is 6.10 Å². The zero-order valence-electron chi connectivity index (χ0n) is 7.61. The maximum Gasteiger partial charge on any atom is 0.414 e. The van der Waals surface area contributed by atoms with Gasteiger partial charge in [0.15, 0.2) is 6.10 Å². The van der Waals surface area contributed by atoms with Gasteiger partial charge in [-0.2, -0.15) is 13.2 Å². The van der Waals surface area contributed by atoms with Crippen LogP contribution in [0.3, 0.4) is 0 Å². The minimum atomic E-state index is -4.23. The molecule has 0 fully saturated rings. The van der Waals surface area contributed by atoms with Crippen LogP contribution < -0.4 is 0 Å². The SMILES string of the molecule is CCCC(C)OC(C)C(F)(F)F. The van der Waals surface area contributed by atoms with Crippen LogP contribution in [0.2, 0.25) is 0 Å². The molecule has 0 heterocycles. The Kier molecular flexibility index (Phi) is 4.60. The molecule has 12 heavy (non-hydrogen) atoms. The van der Waals surface area contributed by atoms with Crippen molar-refractivity contribution < 1.29 is 17.9 Å². The highest BCUT2D eigenvalue weighted by Gasteiger charge is 2.37. The first kappa shape index (κ1) is 11.8. The lowest BCUT2D eigenvalue weighted by Gasteiger charge is -2.20. The summed E-state index contributed by atoms with van der Waals surface area (Å²) < 4.78 is 40.5. The van der Waals surface area contributed by atoms with Crippen LogP contribution in [0.15, 0.2) is 0 Å². The molecule has 0 aromatic carbocycles. The van der Waals surface area contributed by atoms with E-state index in [4.69, 9.17) is 4.74 Å². The van der Waals surface area contributed by atoms with Gasteiger partial charge in [0.2, 0.25) is 0 Å². The maximum atomic E-state index is 11.9. The minimum Gasteiger partial charge on any atom is -0.366 e. The molecule has 0 aliphatic heterocycles. The van der Waals surface area contributed by atoms with E-state index in [2.05, 4.69) is 0 Å². The summed E-state index contributed by atoms with van der Waals surface area (Å²) in [6.07, 6.45) is -4.69. The molecule has 0 aromatic rings. The molecule has 0 amide bonds. The number of alkyl halides is 3. The molecule has 4 heteroatoms. The molecular weight excluding hydrogens is 169 g/mol. The first-order valence-electron chi connectivity index (χ1n) is 4.10. The maximum absolute atomic E-state index is 11.9. The smallest absolute Gasteiger partial charge is 0.366 e. The van der Waals surface area contributed by atoms with Crippen molar-refractivity contribution in [3.63, 3.8) is 0 Å². The zero-order chi connectivity index (χ0) is 9.78. The van der Waals surface area contributed by atoms with Gasteiger partial charge in [-0.15, -0.1) is 0 Å². The topological polar surface area (TPSA) is 9.23 Å². The molecule has 74 valence electrons. The van der Waals surface area contributed by atoms with Crippen LogP contribution in [0, 0.1) is 0 Å². The Balaban J connectivity index is 3.76. The monoisotopic (exact) mass is 184 g/mol. The molecule has 0 spiro atoms. The summed E-state index contributed by atoms with van der Waals surface area (Å²) >= 11 is 0. The Bertz CT molecular complexity index is 122. The quantitative estimate of drug-likeness (QED) is 0.652. The third-order valence-corrected chi connectivity index (χ3v) is 1.59. The summed E-state index contributed by atoms with van der Waals surface area (Å²) in [6, 6.07) is 0.